The molecule has 0 bridgehead atoms. The molecule has 2 atom stereocenters. The molecule has 3 aromatic rings. The molecule has 0 fully saturated rings. The molecule has 3 rings (SSSR count). The standard InChI is InChI=1S/C21H26ClN5O5S/c1-13(16-10-9-15(22)11-23-16)14(2)33(28,29)26-21-25-24-19(12-30-3)27(21)20-17(31-4)7-6-8-18(20)32-5/h6-11,13-14H,12H2,1-5H3,(H,25,26). The summed E-state index contributed by atoms with van der Waals surface area (Å²) >= 11 is 5.90. The predicted octanol–water partition coefficient (Wildman–Crippen LogP) is 3.41. The van der Waals surface area contributed by atoms with Gasteiger partial charge in [-0.15, -0.1) is 10.2 Å². The fraction of sp³-hybridized carbons (Fsp3) is 0.381. The lowest BCUT2D eigenvalue weighted by Crippen LogP contribution is -2.31. The van der Waals surface area contributed by atoms with Gasteiger partial charge in [-0.2, -0.15) is 0 Å². The molecule has 0 aliphatic heterocycles. The van der Waals surface area contributed by atoms with Gasteiger partial charge in [0.25, 0.3) is 0 Å². The van der Waals surface area contributed by atoms with E-state index in [0.29, 0.717) is 33.7 Å². The summed E-state index contributed by atoms with van der Waals surface area (Å²) in [5.74, 6) is 0.805. The molecule has 0 saturated heterocycles. The highest BCUT2D eigenvalue weighted by Gasteiger charge is 2.31. The summed E-state index contributed by atoms with van der Waals surface area (Å²) in [4.78, 5) is 4.25. The minimum absolute atomic E-state index is 0.0204. The van der Waals surface area contributed by atoms with Gasteiger partial charge in [0.2, 0.25) is 16.0 Å². The maximum Gasteiger partial charge on any atom is 0.243 e. The van der Waals surface area contributed by atoms with E-state index in [2.05, 4.69) is 19.9 Å². The number of anilines is 1. The fourth-order valence-electron chi connectivity index (χ4n) is 3.28. The first kappa shape index (κ1) is 24.7. The maximum atomic E-state index is 13.3. The first-order chi connectivity index (χ1) is 15.7. The van der Waals surface area contributed by atoms with E-state index in [1.165, 1.54) is 32.1 Å². The Morgan fingerprint density at radius 1 is 1.06 bits per heavy atom. The van der Waals surface area contributed by atoms with E-state index in [1.807, 2.05) is 0 Å². The van der Waals surface area contributed by atoms with Crippen LogP contribution >= 0.6 is 11.6 Å². The molecule has 0 spiro atoms. The number of hydrogen-bond acceptors (Lipinski definition) is 8. The molecule has 1 aromatic carbocycles. The lowest BCUT2D eigenvalue weighted by atomic mass is 10.0. The molecular formula is C21H26ClN5O5S. The Labute approximate surface area is 197 Å². The van der Waals surface area contributed by atoms with Crippen molar-refractivity contribution in [2.45, 2.75) is 31.6 Å². The van der Waals surface area contributed by atoms with Gasteiger partial charge in [0.05, 0.1) is 24.5 Å². The number of hydrogen-bond donors (Lipinski definition) is 1. The summed E-state index contributed by atoms with van der Waals surface area (Å²) in [6, 6.07) is 8.59. The van der Waals surface area contributed by atoms with Crippen LogP contribution in [0, 0.1) is 0 Å². The minimum Gasteiger partial charge on any atom is -0.494 e. The summed E-state index contributed by atoms with van der Waals surface area (Å²) in [7, 11) is 0.605. The molecule has 0 radical (unpaired) electrons. The number of para-hydroxylation sites is 1. The second-order valence-electron chi connectivity index (χ2n) is 7.26. The van der Waals surface area contributed by atoms with Crippen molar-refractivity contribution >= 4 is 27.6 Å². The molecule has 33 heavy (non-hydrogen) atoms. The molecule has 1 N–H and O–H groups in total. The zero-order chi connectivity index (χ0) is 24.2. The van der Waals surface area contributed by atoms with Crippen molar-refractivity contribution in [1.29, 1.82) is 0 Å². The molecule has 0 amide bonds. The van der Waals surface area contributed by atoms with Crippen LogP contribution in [0.5, 0.6) is 11.5 Å². The van der Waals surface area contributed by atoms with Crippen LogP contribution < -0.4 is 14.2 Å². The third kappa shape index (κ3) is 5.21. The third-order valence-electron chi connectivity index (χ3n) is 5.27. The van der Waals surface area contributed by atoms with E-state index in [1.54, 1.807) is 44.2 Å². The van der Waals surface area contributed by atoms with Crippen LogP contribution in [0.1, 0.15) is 31.3 Å². The third-order valence-corrected chi connectivity index (χ3v) is 7.35. The van der Waals surface area contributed by atoms with Crippen LogP contribution in [-0.2, 0) is 21.4 Å². The van der Waals surface area contributed by atoms with Crippen molar-refractivity contribution in [3.63, 3.8) is 0 Å². The van der Waals surface area contributed by atoms with Crippen molar-refractivity contribution in [1.82, 2.24) is 19.7 Å². The molecule has 0 saturated carbocycles. The molecule has 178 valence electrons. The number of aromatic nitrogens is 4. The van der Waals surface area contributed by atoms with E-state index >= 15 is 0 Å². The summed E-state index contributed by atoms with van der Waals surface area (Å²) in [5, 5.41) is 7.81. The number of sulfonamides is 1. The van der Waals surface area contributed by atoms with Crippen molar-refractivity contribution < 1.29 is 22.6 Å². The Hall–Kier alpha value is -2.89. The van der Waals surface area contributed by atoms with E-state index < -0.39 is 21.2 Å². The van der Waals surface area contributed by atoms with Gasteiger partial charge in [-0.05, 0) is 31.2 Å². The Balaban J connectivity index is 2.04. The van der Waals surface area contributed by atoms with Crippen molar-refractivity contribution in [2.75, 3.05) is 26.1 Å². The average Bonchev–Trinajstić information content (AvgIpc) is 3.18. The van der Waals surface area contributed by atoms with E-state index in [-0.39, 0.29) is 12.6 Å². The number of rotatable bonds is 10. The lowest BCUT2D eigenvalue weighted by molar-refractivity contribution is 0.176. The van der Waals surface area contributed by atoms with E-state index in [4.69, 9.17) is 25.8 Å². The highest BCUT2D eigenvalue weighted by Crippen LogP contribution is 2.36. The largest absolute Gasteiger partial charge is 0.494 e. The lowest BCUT2D eigenvalue weighted by Gasteiger charge is -2.22. The predicted molar refractivity (Wildman–Crippen MR) is 125 cm³/mol. The monoisotopic (exact) mass is 495 g/mol. The van der Waals surface area contributed by atoms with Gasteiger partial charge >= 0.3 is 0 Å². The SMILES string of the molecule is COCc1nnc(NS(=O)(=O)C(C)C(C)c2ccc(Cl)cn2)n1-c1c(OC)cccc1OC. The number of ether oxygens (including phenoxy) is 3. The summed E-state index contributed by atoms with van der Waals surface area (Å²) < 4.78 is 46.9. The van der Waals surface area contributed by atoms with Gasteiger partial charge < -0.3 is 14.2 Å². The quantitative estimate of drug-likeness (QED) is 0.454. The number of pyridine rings is 1. The van der Waals surface area contributed by atoms with Gasteiger partial charge in [-0.25, -0.2) is 8.42 Å². The average molecular weight is 496 g/mol. The van der Waals surface area contributed by atoms with Gasteiger partial charge in [-0.1, -0.05) is 24.6 Å². The Bertz CT molecular complexity index is 1180. The summed E-state index contributed by atoms with van der Waals surface area (Å²) in [6.45, 7) is 3.46. The van der Waals surface area contributed by atoms with Crippen molar-refractivity contribution in [3.05, 3.63) is 53.1 Å². The van der Waals surface area contributed by atoms with Gasteiger partial charge in [-0.3, -0.25) is 14.3 Å². The topological polar surface area (TPSA) is 117 Å². The second-order valence-corrected chi connectivity index (χ2v) is 9.74. The molecule has 10 nitrogen and oxygen atoms in total. The molecule has 12 heteroatoms. The van der Waals surface area contributed by atoms with Crippen LogP contribution in [-0.4, -0.2) is 54.7 Å². The molecule has 2 heterocycles. The number of nitrogens with zero attached hydrogens (tertiary/aromatic N) is 4. The highest BCUT2D eigenvalue weighted by atomic mass is 35.5. The number of benzene rings is 1. The van der Waals surface area contributed by atoms with E-state index in [0.717, 1.165) is 0 Å². The zero-order valence-electron chi connectivity index (χ0n) is 18.9. The smallest absolute Gasteiger partial charge is 0.243 e. The van der Waals surface area contributed by atoms with Gasteiger partial charge in [0.1, 0.15) is 23.8 Å². The minimum atomic E-state index is -3.91. The van der Waals surface area contributed by atoms with Crippen LogP contribution in [0.15, 0.2) is 36.5 Å². The zero-order valence-corrected chi connectivity index (χ0v) is 20.5. The Morgan fingerprint density at radius 2 is 1.73 bits per heavy atom. The van der Waals surface area contributed by atoms with Crippen molar-refractivity contribution in [3.8, 4) is 17.2 Å². The first-order valence-electron chi connectivity index (χ1n) is 10.0. The van der Waals surface area contributed by atoms with Crippen LogP contribution in [0.25, 0.3) is 5.69 Å². The van der Waals surface area contributed by atoms with Crippen LogP contribution in [0.4, 0.5) is 5.95 Å². The second kappa shape index (κ2) is 10.4. The number of methoxy groups -OCH3 is 3. The Kier molecular flexibility index (Phi) is 7.77. The summed E-state index contributed by atoms with van der Waals surface area (Å²) in [6.07, 6.45) is 1.49. The molecule has 0 aliphatic carbocycles. The van der Waals surface area contributed by atoms with Gasteiger partial charge in [0.15, 0.2) is 5.82 Å². The fourth-order valence-corrected chi connectivity index (χ4v) is 4.64. The normalized spacial score (nSPS) is 13.4. The Morgan fingerprint density at radius 3 is 2.27 bits per heavy atom. The van der Waals surface area contributed by atoms with Crippen molar-refractivity contribution in [2.24, 2.45) is 0 Å². The summed E-state index contributed by atoms with van der Waals surface area (Å²) in [5.41, 5.74) is 1.04. The molecule has 2 aromatic heterocycles. The van der Waals surface area contributed by atoms with Crippen LogP contribution in [0.2, 0.25) is 5.02 Å². The van der Waals surface area contributed by atoms with Gasteiger partial charge in [0, 0.05) is 24.9 Å². The first-order valence-corrected chi connectivity index (χ1v) is 11.9. The van der Waals surface area contributed by atoms with Crippen LogP contribution in [0.3, 0.4) is 0 Å². The number of nitrogens with one attached hydrogen (secondary N) is 1. The number of halogens is 1. The van der Waals surface area contributed by atoms with E-state index in [9.17, 15) is 8.42 Å². The molecular weight excluding hydrogens is 470 g/mol. The highest BCUT2D eigenvalue weighted by molar-refractivity contribution is 7.93. The molecule has 2 unspecified atom stereocenters. The molecule has 0 aliphatic rings. The maximum absolute atomic E-state index is 13.3.